The molecular formula is C13H22NO2+. The number of aryl methyl sites for hydroxylation is 2. The van der Waals surface area contributed by atoms with Crippen LogP contribution in [0.25, 0.3) is 0 Å². The Bertz CT molecular complexity index is 304. The van der Waals surface area contributed by atoms with E-state index < -0.39 is 5.54 Å². The third-order valence-corrected chi connectivity index (χ3v) is 3.05. The van der Waals surface area contributed by atoms with Crippen molar-refractivity contribution in [1.82, 2.24) is 0 Å². The van der Waals surface area contributed by atoms with Gasteiger partial charge in [0.15, 0.2) is 0 Å². The molecule has 0 bridgehead atoms. The smallest absolute Gasteiger partial charge is 0.141 e. The largest absolute Gasteiger partial charge is 0.390 e. The second-order valence-corrected chi connectivity index (χ2v) is 4.49. The molecule has 0 spiro atoms. The molecule has 1 aromatic carbocycles. The van der Waals surface area contributed by atoms with E-state index in [1.807, 2.05) is 0 Å². The highest BCUT2D eigenvalue weighted by molar-refractivity contribution is 5.22. The van der Waals surface area contributed by atoms with Crippen molar-refractivity contribution < 1.29 is 15.9 Å². The molecule has 0 fully saturated rings. The first-order valence-electron chi connectivity index (χ1n) is 5.78. The maximum absolute atomic E-state index is 9.12. The highest BCUT2D eigenvalue weighted by Crippen LogP contribution is 2.11. The lowest BCUT2D eigenvalue weighted by Crippen LogP contribution is -2.76. The molecule has 0 atom stereocenters. The molecule has 0 aliphatic carbocycles. The summed E-state index contributed by atoms with van der Waals surface area (Å²) in [5.41, 5.74) is 5.80. The van der Waals surface area contributed by atoms with Gasteiger partial charge in [0.25, 0.3) is 0 Å². The standard InChI is InChI=1S/C13H21NO2/c1-2-11-3-5-12(6-4-11)7-8-13(14,9-15)10-16/h3-6,15-16H,2,7-10,14H2,1H3/p+1. The fourth-order valence-electron chi connectivity index (χ4n) is 1.56. The van der Waals surface area contributed by atoms with Gasteiger partial charge in [-0.25, -0.2) is 0 Å². The number of quaternary nitrogens is 1. The van der Waals surface area contributed by atoms with E-state index in [1.54, 1.807) is 0 Å². The zero-order valence-electron chi connectivity index (χ0n) is 9.95. The molecule has 0 saturated carbocycles. The summed E-state index contributed by atoms with van der Waals surface area (Å²) in [6.07, 6.45) is 2.59. The maximum Gasteiger partial charge on any atom is 0.141 e. The number of hydrogen-bond donors (Lipinski definition) is 3. The minimum absolute atomic E-state index is 0.0729. The highest BCUT2D eigenvalue weighted by atomic mass is 16.3. The van der Waals surface area contributed by atoms with Crippen LogP contribution in [0.3, 0.4) is 0 Å². The average Bonchev–Trinajstić information content (AvgIpc) is 2.36. The maximum atomic E-state index is 9.12. The normalized spacial score (nSPS) is 11.8. The summed E-state index contributed by atoms with van der Waals surface area (Å²) in [7, 11) is 0. The second-order valence-electron chi connectivity index (χ2n) is 4.49. The van der Waals surface area contributed by atoms with Crippen LogP contribution in [-0.2, 0) is 12.8 Å². The summed E-state index contributed by atoms with van der Waals surface area (Å²) < 4.78 is 0. The first kappa shape index (κ1) is 13.2. The fraction of sp³-hybridized carbons (Fsp3) is 0.538. The van der Waals surface area contributed by atoms with Crippen LogP contribution in [0.2, 0.25) is 0 Å². The van der Waals surface area contributed by atoms with Gasteiger partial charge in [0, 0.05) is 6.42 Å². The molecule has 3 heteroatoms. The van der Waals surface area contributed by atoms with Gasteiger partial charge >= 0.3 is 0 Å². The van der Waals surface area contributed by atoms with Crippen molar-refractivity contribution in [2.45, 2.75) is 31.7 Å². The topological polar surface area (TPSA) is 68.1 Å². The number of benzene rings is 1. The fourth-order valence-corrected chi connectivity index (χ4v) is 1.56. The summed E-state index contributed by atoms with van der Waals surface area (Å²) in [5.74, 6) is 0. The molecule has 5 N–H and O–H groups in total. The van der Waals surface area contributed by atoms with Crippen molar-refractivity contribution in [2.75, 3.05) is 13.2 Å². The van der Waals surface area contributed by atoms with Gasteiger partial charge in [0.2, 0.25) is 0 Å². The second kappa shape index (κ2) is 5.99. The van der Waals surface area contributed by atoms with Gasteiger partial charge in [0.1, 0.15) is 18.8 Å². The number of hydrogen-bond acceptors (Lipinski definition) is 2. The quantitative estimate of drug-likeness (QED) is 0.643. The highest BCUT2D eigenvalue weighted by Gasteiger charge is 2.26. The van der Waals surface area contributed by atoms with E-state index in [1.165, 1.54) is 11.1 Å². The predicted molar refractivity (Wildman–Crippen MR) is 63.9 cm³/mol. The van der Waals surface area contributed by atoms with Crippen LogP contribution in [0.1, 0.15) is 24.5 Å². The van der Waals surface area contributed by atoms with Gasteiger partial charge < -0.3 is 15.9 Å². The molecule has 1 rings (SSSR count). The summed E-state index contributed by atoms with van der Waals surface area (Å²) in [5, 5.41) is 18.2. The first-order valence-corrected chi connectivity index (χ1v) is 5.78. The molecule has 3 nitrogen and oxygen atoms in total. The molecule has 0 heterocycles. The van der Waals surface area contributed by atoms with Crippen molar-refractivity contribution in [3.05, 3.63) is 35.4 Å². The van der Waals surface area contributed by atoms with E-state index >= 15 is 0 Å². The Labute approximate surface area is 96.9 Å². The summed E-state index contributed by atoms with van der Waals surface area (Å²) >= 11 is 0. The molecule has 0 amide bonds. The molecule has 16 heavy (non-hydrogen) atoms. The lowest BCUT2D eigenvalue weighted by molar-refractivity contribution is -0.491. The van der Waals surface area contributed by atoms with E-state index in [2.05, 4.69) is 36.9 Å². The van der Waals surface area contributed by atoms with Crippen LogP contribution in [0.4, 0.5) is 0 Å². The van der Waals surface area contributed by atoms with E-state index in [0.717, 1.165) is 12.8 Å². The molecule has 0 aliphatic rings. The van der Waals surface area contributed by atoms with Crippen LogP contribution >= 0.6 is 0 Å². The van der Waals surface area contributed by atoms with Gasteiger partial charge in [-0.1, -0.05) is 31.2 Å². The summed E-state index contributed by atoms with van der Waals surface area (Å²) in [4.78, 5) is 0. The number of aliphatic hydroxyl groups excluding tert-OH is 2. The van der Waals surface area contributed by atoms with Crippen LogP contribution in [0.15, 0.2) is 24.3 Å². The molecule has 0 unspecified atom stereocenters. The molecular weight excluding hydrogens is 202 g/mol. The molecule has 0 radical (unpaired) electrons. The van der Waals surface area contributed by atoms with Crippen molar-refractivity contribution in [1.29, 1.82) is 0 Å². The van der Waals surface area contributed by atoms with Gasteiger partial charge in [-0.05, 0) is 24.0 Å². The lowest BCUT2D eigenvalue weighted by atomic mass is 9.93. The molecule has 0 aliphatic heterocycles. The zero-order valence-corrected chi connectivity index (χ0v) is 9.95. The van der Waals surface area contributed by atoms with Crippen LogP contribution in [-0.4, -0.2) is 29.0 Å². The average molecular weight is 224 g/mol. The minimum atomic E-state index is -0.608. The van der Waals surface area contributed by atoms with Gasteiger partial charge in [-0.3, -0.25) is 0 Å². The molecule has 90 valence electrons. The Balaban J connectivity index is 2.54. The number of rotatable bonds is 6. The monoisotopic (exact) mass is 224 g/mol. The van der Waals surface area contributed by atoms with Crippen molar-refractivity contribution in [2.24, 2.45) is 0 Å². The van der Waals surface area contributed by atoms with Gasteiger partial charge in [0.05, 0.1) is 0 Å². The summed E-state index contributed by atoms with van der Waals surface area (Å²) in [6.45, 7) is 1.99. The molecule has 1 aromatic rings. The summed E-state index contributed by atoms with van der Waals surface area (Å²) in [6, 6.07) is 8.46. The van der Waals surface area contributed by atoms with Crippen molar-refractivity contribution in [3.8, 4) is 0 Å². The van der Waals surface area contributed by atoms with Crippen molar-refractivity contribution >= 4 is 0 Å². The Hall–Kier alpha value is -0.900. The zero-order chi connectivity index (χ0) is 12.0. The van der Waals surface area contributed by atoms with Crippen LogP contribution in [0.5, 0.6) is 0 Å². The van der Waals surface area contributed by atoms with E-state index in [-0.39, 0.29) is 13.2 Å². The van der Waals surface area contributed by atoms with Crippen LogP contribution in [0, 0.1) is 0 Å². The SMILES string of the molecule is CCc1ccc(CCC([NH3+])(CO)CO)cc1. The first-order chi connectivity index (χ1) is 7.63. The molecule has 0 aromatic heterocycles. The Kier molecular flexibility index (Phi) is 4.93. The molecule has 0 saturated heterocycles. The number of aliphatic hydroxyl groups is 2. The third-order valence-electron chi connectivity index (χ3n) is 3.05. The van der Waals surface area contributed by atoms with Gasteiger partial charge in [-0.2, -0.15) is 0 Å². The Morgan fingerprint density at radius 3 is 2.00 bits per heavy atom. The van der Waals surface area contributed by atoms with E-state index in [4.69, 9.17) is 10.2 Å². The Morgan fingerprint density at radius 2 is 1.56 bits per heavy atom. The Morgan fingerprint density at radius 1 is 1.06 bits per heavy atom. The minimum Gasteiger partial charge on any atom is -0.390 e. The predicted octanol–water partition coefficient (Wildman–Crippen LogP) is 0.147. The van der Waals surface area contributed by atoms with E-state index in [9.17, 15) is 0 Å². The van der Waals surface area contributed by atoms with Crippen molar-refractivity contribution in [3.63, 3.8) is 0 Å². The van der Waals surface area contributed by atoms with Crippen LogP contribution < -0.4 is 5.73 Å². The van der Waals surface area contributed by atoms with Gasteiger partial charge in [-0.15, -0.1) is 0 Å². The lowest BCUT2D eigenvalue weighted by Gasteiger charge is -2.20. The van der Waals surface area contributed by atoms with E-state index in [0.29, 0.717) is 6.42 Å². The third kappa shape index (κ3) is 3.59.